The highest BCUT2D eigenvalue weighted by Gasteiger charge is 2.28. The number of benzene rings is 1. The Morgan fingerprint density at radius 1 is 1.22 bits per heavy atom. The Labute approximate surface area is 141 Å². The molecule has 4 rings (SSSR count). The molecule has 120 valence electrons. The van der Waals surface area contributed by atoms with E-state index in [1.807, 2.05) is 11.0 Å². The number of hydrogen-bond donors (Lipinski definition) is 0. The van der Waals surface area contributed by atoms with Crippen LogP contribution in [0.2, 0.25) is 0 Å². The first-order valence-corrected chi connectivity index (χ1v) is 9.41. The largest absolute Gasteiger partial charge is 0.312 e. The molecule has 1 fully saturated rings. The van der Waals surface area contributed by atoms with Gasteiger partial charge in [0.15, 0.2) is 0 Å². The summed E-state index contributed by atoms with van der Waals surface area (Å²) in [7, 11) is 0. The van der Waals surface area contributed by atoms with E-state index in [-0.39, 0.29) is 5.91 Å². The van der Waals surface area contributed by atoms with Crippen LogP contribution in [0.15, 0.2) is 41.1 Å². The number of nitrogens with zero attached hydrogens (tertiary/aromatic N) is 2. The number of anilines is 1. The zero-order valence-electron chi connectivity index (χ0n) is 13.3. The minimum atomic E-state index is 0.269. The lowest BCUT2D eigenvalue weighted by molar-refractivity contribution is -0.118. The van der Waals surface area contributed by atoms with Crippen LogP contribution in [0.1, 0.15) is 36.4 Å². The minimum Gasteiger partial charge on any atom is -0.312 e. The van der Waals surface area contributed by atoms with Gasteiger partial charge in [-0.2, -0.15) is 11.3 Å². The summed E-state index contributed by atoms with van der Waals surface area (Å²) in [6, 6.07) is 11.0. The van der Waals surface area contributed by atoms with Gasteiger partial charge in [-0.1, -0.05) is 18.2 Å². The molecule has 3 heterocycles. The standard InChI is InChI=1S/C19H22N2OS/c22-19(21-12-7-15-4-1-2-5-18(15)21)8-11-20-10-3-6-17(20)16-9-13-23-14-16/h1-2,4-5,9,13-14,17H,3,6-8,10-12H2/t17-/m0/s1. The van der Waals surface area contributed by atoms with E-state index in [4.69, 9.17) is 0 Å². The molecule has 1 amide bonds. The smallest absolute Gasteiger partial charge is 0.228 e. The number of amides is 1. The molecule has 0 saturated carbocycles. The fourth-order valence-electron chi connectivity index (χ4n) is 3.91. The third-order valence-electron chi connectivity index (χ3n) is 5.09. The molecule has 2 aromatic rings. The van der Waals surface area contributed by atoms with Crippen molar-refractivity contribution in [1.29, 1.82) is 0 Å². The van der Waals surface area contributed by atoms with Crippen molar-refractivity contribution in [3.63, 3.8) is 0 Å². The molecular formula is C19H22N2OS. The normalized spacial score (nSPS) is 20.9. The van der Waals surface area contributed by atoms with Gasteiger partial charge in [-0.25, -0.2) is 0 Å². The van der Waals surface area contributed by atoms with Crippen LogP contribution >= 0.6 is 11.3 Å². The van der Waals surface area contributed by atoms with Crippen molar-refractivity contribution in [2.75, 3.05) is 24.5 Å². The van der Waals surface area contributed by atoms with Crippen LogP contribution in [0.5, 0.6) is 0 Å². The second kappa shape index (κ2) is 6.46. The maximum Gasteiger partial charge on any atom is 0.228 e. The highest BCUT2D eigenvalue weighted by molar-refractivity contribution is 7.07. The van der Waals surface area contributed by atoms with E-state index in [0.717, 1.165) is 31.7 Å². The summed E-state index contributed by atoms with van der Waals surface area (Å²) in [4.78, 5) is 17.1. The predicted octanol–water partition coefficient (Wildman–Crippen LogP) is 3.86. The Bertz CT molecular complexity index is 682. The van der Waals surface area contributed by atoms with Gasteiger partial charge < -0.3 is 4.90 Å². The van der Waals surface area contributed by atoms with Gasteiger partial charge >= 0.3 is 0 Å². The van der Waals surface area contributed by atoms with Crippen molar-refractivity contribution < 1.29 is 4.79 Å². The molecule has 0 N–H and O–H groups in total. The fraction of sp³-hybridized carbons (Fsp3) is 0.421. The lowest BCUT2D eigenvalue weighted by atomic mass is 10.1. The van der Waals surface area contributed by atoms with Gasteiger partial charge in [0.25, 0.3) is 0 Å². The number of rotatable bonds is 4. The number of thiophene rings is 1. The van der Waals surface area contributed by atoms with E-state index in [0.29, 0.717) is 12.5 Å². The summed E-state index contributed by atoms with van der Waals surface area (Å²) in [5.74, 6) is 0.269. The van der Waals surface area contributed by atoms with Gasteiger partial charge in [-0.3, -0.25) is 9.69 Å². The van der Waals surface area contributed by atoms with Crippen molar-refractivity contribution in [2.45, 2.75) is 31.7 Å². The monoisotopic (exact) mass is 326 g/mol. The van der Waals surface area contributed by atoms with E-state index in [1.165, 1.54) is 24.0 Å². The second-order valence-corrected chi connectivity index (χ2v) is 7.20. The lowest BCUT2D eigenvalue weighted by Gasteiger charge is -2.25. The molecule has 0 spiro atoms. The molecule has 2 aliphatic heterocycles. The maximum atomic E-state index is 12.7. The summed E-state index contributed by atoms with van der Waals surface area (Å²) in [5, 5.41) is 4.40. The highest BCUT2D eigenvalue weighted by Crippen LogP contribution is 2.33. The average molecular weight is 326 g/mol. The molecule has 4 heteroatoms. The number of carbonyl (C=O) groups is 1. The maximum absolute atomic E-state index is 12.7. The van der Waals surface area contributed by atoms with Gasteiger partial charge in [0.1, 0.15) is 0 Å². The van der Waals surface area contributed by atoms with E-state index in [9.17, 15) is 4.79 Å². The Balaban J connectivity index is 1.39. The van der Waals surface area contributed by atoms with Gasteiger partial charge in [-0.15, -0.1) is 0 Å². The van der Waals surface area contributed by atoms with Crippen LogP contribution in [0.3, 0.4) is 0 Å². The van der Waals surface area contributed by atoms with E-state index in [2.05, 4.69) is 39.9 Å². The molecule has 0 aliphatic carbocycles. The van der Waals surface area contributed by atoms with E-state index < -0.39 is 0 Å². The number of hydrogen-bond acceptors (Lipinski definition) is 3. The van der Waals surface area contributed by atoms with E-state index in [1.54, 1.807) is 11.3 Å². The number of para-hydroxylation sites is 1. The van der Waals surface area contributed by atoms with Crippen molar-refractivity contribution >= 4 is 22.9 Å². The van der Waals surface area contributed by atoms with Crippen molar-refractivity contribution in [3.05, 3.63) is 52.2 Å². The quantitative estimate of drug-likeness (QED) is 0.851. The van der Waals surface area contributed by atoms with Crippen molar-refractivity contribution in [2.24, 2.45) is 0 Å². The van der Waals surface area contributed by atoms with Crippen LogP contribution in [0.25, 0.3) is 0 Å². The summed E-state index contributed by atoms with van der Waals surface area (Å²) in [5.41, 5.74) is 3.85. The predicted molar refractivity (Wildman–Crippen MR) is 95.0 cm³/mol. The molecular weight excluding hydrogens is 304 g/mol. The highest BCUT2D eigenvalue weighted by atomic mass is 32.1. The lowest BCUT2D eigenvalue weighted by Crippen LogP contribution is -2.33. The van der Waals surface area contributed by atoms with Crippen LogP contribution in [0, 0.1) is 0 Å². The first-order chi connectivity index (χ1) is 11.3. The molecule has 1 atom stereocenters. The topological polar surface area (TPSA) is 23.6 Å². The molecule has 1 aromatic heterocycles. The van der Waals surface area contributed by atoms with Crippen molar-refractivity contribution in [1.82, 2.24) is 4.90 Å². The zero-order valence-corrected chi connectivity index (χ0v) is 14.1. The van der Waals surface area contributed by atoms with Gasteiger partial charge in [0, 0.05) is 31.2 Å². The molecule has 0 unspecified atom stereocenters. The molecule has 23 heavy (non-hydrogen) atoms. The third-order valence-corrected chi connectivity index (χ3v) is 5.79. The molecule has 2 aliphatic rings. The van der Waals surface area contributed by atoms with Crippen molar-refractivity contribution in [3.8, 4) is 0 Å². The fourth-order valence-corrected chi connectivity index (χ4v) is 4.61. The summed E-state index contributed by atoms with van der Waals surface area (Å²) < 4.78 is 0. The van der Waals surface area contributed by atoms with Crippen LogP contribution in [-0.2, 0) is 11.2 Å². The Morgan fingerprint density at radius 3 is 3.00 bits per heavy atom. The summed E-state index contributed by atoms with van der Waals surface area (Å²) in [6.07, 6.45) is 4.07. The molecule has 3 nitrogen and oxygen atoms in total. The summed E-state index contributed by atoms with van der Waals surface area (Å²) in [6.45, 7) is 2.83. The van der Waals surface area contributed by atoms with Crippen LogP contribution in [-0.4, -0.2) is 30.4 Å². The average Bonchev–Trinajstić information content (AvgIpc) is 3.30. The number of likely N-dealkylation sites (tertiary alicyclic amines) is 1. The van der Waals surface area contributed by atoms with Gasteiger partial charge in [0.05, 0.1) is 0 Å². The second-order valence-electron chi connectivity index (χ2n) is 6.42. The molecule has 0 bridgehead atoms. The van der Waals surface area contributed by atoms with E-state index >= 15 is 0 Å². The number of fused-ring (bicyclic) bond motifs is 1. The summed E-state index contributed by atoms with van der Waals surface area (Å²) >= 11 is 1.76. The van der Waals surface area contributed by atoms with Crippen LogP contribution in [0.4, 0.5) is 5.69 Å². The first kappa shape index (κ1) is 14.9. The number of carbonyl (C=O) groups excluding carboxylic acids is 1. The Kier molecular flexibility index (Phi) is 4.19. The SMILES string of the molecule is O=C(CCN1CCC[C@H]1c1ccsc1)N1CCc2ccccc21. The Morgan fingerprint density at radius 2 is 2.13 bits per heavy atom. The van der Waals surface area contributed by atoms with Crippen LogP contribution < -0.4 is 4.90 Å². The third kappa shape index (κ3) is 2.93. The Hall–Kier alpha value is -1.65. The minimum absolute atomic E-state index is 0.269. The molecule has 1 saturated heterocycles. The van der Waals surface area contributed by atoms with Gasteiger partial charge in [0.2, 0.25) is 5.91 Å². The molecule has 1 aromatic carbocycles. The first-order valence-electron chi connectivity index (χ1n) is 8.47. The zero-order chi connectivity index (χ0) is 15.6. The molecule has 0 radical (unpaired) electrons. The van der Waals surface area contributed by atoms with Gasteiger partial charge in [-0.05, 0) is 59.8 Å².